The van der Waals surface area contributed by atoms with E-state index in [1.165, 1.54) is 17.0 Å². The predicted octanol–water partition coefficient (Wildman–Crippen LogP) is 3.90. The van der Waals surface area contributed by atoms with E-state index in [1.54, 1.807) is 30.5 Å². The minimum atomic E-state index is -0.633. The first-order valence-corrected chi connectivity index (χ1v) is 9.63. The largest absolute Gasteiger partial charge is 0.352 e. The number of rotatable bonds is 6. The maximum absolute atomic E-state index is 13.8. The van der Waals surface area contributed by atoms with Crippen LogP contribution in [0.5, 0.6) is 0 Å². The highest BCUT2D eigenvalue weighted by atomic mass is 19.1. The Morgan fingerprint density at radius 2 is 1.77 bits per heavy atom. The Bertz CT molecular complexity index is 1140. The molecule has 1 aliphatic heterocycles. The van der Waals surface area contributed by atoms with Crippen LogP contribution >= 0.6 is 0 Å². The first-order chi connectivity index (χ1) is 14.9. The van der Waals surface area contributed by atoms with Crippen molar-refractivity contribution < 1.29 is 22.8 Å². The summed E-state index contributed by atoms with van der Waals surface area (Å²) >= 11 is 0. The van der Waals surface area contributed by atoms with Crippen LogP contribution in [-0.4, -0.2) is 21.7 Å². The molecule has 5 nitrogen and oxygen atoms in total. The molecule has 0 spiro atoms. The number of halogens is 3. The van der Waals surface area contributed by atoms with Crippen LogP contribution in [0.25, 0.3) is 0 Å². The second kappa shape index (κ2) is 8.59. The number of carbonyl (C=O) groups excluding carboxylic acids is 2. The second-order valence-corrected chi connectivity index (χ2v) is 7.23. The minimum absolute atomic E-state index is 0.0255. The Kier molecular flexibility index (Phi) is 5.70. The number of fused-ring (bicyclic) bond motifs is 1. The number of hydrogen-bond donors (Lipinski definition) is 1. The zero-order valence-corrected chi connectivity index (χ0v) is 16.3. The first kappa shape index (κ1) is 20.6. The lowest BCUT2D eigenvalue weighted by Gasteiger charge is -2.24. The lowest BCUT2D eigenvalue weighted by atomic mass is 10.1. The van der Waals surface area contributed by atoms with Gasteiger partial charge in [0.25, 0.3) is 5.91 Å². The van der Waals surface area contributed by atoms with Crippen molar-refractivity contribution in [1.29, 1.82) is 0 Å². The van der Waals surface area contributed by atoms with Crippen LogP contribution in [0.1, 0.15) is 39.6 Å². The summed E-state index contributed by atoms with van der Waals surface area (Å²) < 4.78 is 40.4. The Morgan fingerprint density at radius 3 is 2.55 bits per heavy atom. The van der Waals surface area contributed by atoms with Crippen molar-refractivity contribution in [3.63, 3.8) is 0 Å². The Morgan fingerprint density at radius 1 is 1.03 bits per heavy atom. The van der Waals surface area contributed by atoms with Gasteiger partial charge in [-0.1, -0.05) is 12.1 Å². The van der Waals surface area contributed by atoms with Gasteiger partial charge in [0.05, 0.1) is 23.7 Å². The van der Waals surface area contributed by atoms with Crippen molar-refractivity contribution in [3.05, 3.63) is 101 Å². The maximum Gasteiger partial charge on any atom is 0.256 e. The predicted molar refractivity (Wildman–Crippen MR) is 106 cm³/mol. The molecule has 4 rings (SSSR count). The van der Waals surface area contributed by atoms with Crippen molar-refractivity contribution in [3.8, 4) is 0 Å². The molecule has 0 bridgehead atoms. The molecular weight excluding hydrogens is 407 g/mol. The van der Waals surface area contributed by atoms with E-state index in [-0.39, 0.29) is 36.8 Å². The van der Waals surface area contributed by atoms with Gasteiger partial charge in [0.2, 0.25) is 5.91 Å². The molecule has 0 saturated heterocycles. The third-order valence-corrected chi connectivity index (χ3v) is 5.15. The topological polar surface area (TPSA) is 62.3 Å². The monoisotopic (exact) mass is 425 g/mol. The van der Waals surface area contributed by atoms with E-state index in [2.05, 4.69) is 10.3 Å². The molecule has 8 heteroatoms. The van der Waals surface area contributed by atoms with Crippen LogP contribution in [0.2, 0.25) is 0 Å². The first-order valence-electron chi connectivity index (χ1n) is 9.63. The molecule has 2 aromatic carbocycles. The molecular formula is C23H18F3N3O2. The smallest absolute Gasteiger partial charge is 0.256 e. The molecule has 0 fully saturated rings. The molecule has 0 radical (unpaired) electrons. The summed E-state index contributed by atoms with van der Waals surface area (Å²) in [6.07, 6.45) is 1.44. The molecule has 1 atom stereocenters. The highest BCUT2D eigenvalue weighted by Gasteiger charge is 2.38. The molecule has 158 valence electrons. The molecule has 1 unspecified atom stereocenters. The van der Waals surface area contributed by atoms with Gasteiger partial charge in [0, 0.05) is 24.8 Å². The summed E-state index contributed by atoms with van der Waals surface area (Å²) in [4.78, 5) is 31.3. The van der Waals surface area contributed by atoms with Crippen molar-refractivity contribution in [2.75, 3.05) is 0 Å². The third-order valence-electron chi connectivity index (χ3n) is 5.15. The van der Waals surface area contributed by atoms with Crippen molar-refractivity contribution in [2.24, 2.45) is 0 Å². The van der Waals surface area contributed by atoms with Crippen molar-refractivity contribution >= 4 is 11.8 Å². The van der Waals surface area contributed by atoms with E-state index in [0.29, 0.717) is 16.8 Å². The normalized spacial score (nSPS) is 15.1. The molecule has 1 aromatic heterocycles. The third kappa shape index (κ3) is 4.42. The van der Waals surface area contributed by atoms with E-state index in [1.807, 2.05) is 0 Å². The van der Waals surface area contributed by atoms with Gasteiger partial charge in [-0.25, -0.2) is 13.2 Å². The van der Waals surface area contributed by atoms with Crippen LogP contribution in [-0.2, 0) is 17.9 Å². The Labute approximate surface area is 176 Å². The van der Waals surface area contributed by atoms with E-state index < -0.39 is 23.6 Å². The molecule has 0 saturated carbocycles. The number of nitrogens with zero attached hydrogens (tertiary/aromatic N) is 2. The molecule has 2 heterocycles. The van der Waals surface area contributed by atoms with Gasteiger partial charge < -0.3 is 10.2 Å². The molecule has 2 amide bonds. The number of nitrogens with one attached hydrogen (secondary N) is 1. The molecule has 1 N–H and O–H groups in total. The fourth-order valence-corrected chi connectivity index (χ4v) is 3.60. The summed E-state index contributed by atoms with van der Waals surface area (Å²) in [5.41, 5.74) is 1.60. The molecule has 0 aliphatic carbocycles. The standard InChI is InChI=1S/C23H18F3N3O2/c24-16-5-3-14(4-6-16)13-29-20(22-18(23(29)31)2-1-9-27-22)11-21(30)28-12-15-10-17(25)7-8-19(15)26/h1-10,20H,11-13H2,(H,28,30). The number of pyridine rings is 1. The van der Waals surface area contributed by atoms with Crippen LogP contribution in [0.3, 0.4) is 0 Å². The number of carbonyl (C=O) groups is 2. The fraction of sp³-hybridized carbons (Fsp3) is 0.174. The molecule has 1 aliphatic rings. The highest BCUT2D eigenvalue weighted by Crippen LogP contribution is 2.35. The SMILES string of the molecule is O=C(CC1c2ncccc2C(=O)N1Cc1ccc(F)cc1)NCc1cc(F)ccc1F. The quantitative estimate of drug-likeness (QED) is 0.652. The lowest BCUT2D eigenvalue weighted by Crippen LogP contribution is -2.32. The van der Waals surface area contributed by atoms with Gasteiger partial charge in [-0.3, -0.25) is 14.6 Å². The average molecular weight is 425 g/mol. The van der Waals surface area contributed by atoms with Crippen LogP contribution in [0.4, 0.5) is 13.2 Å². The summed E-state index contributed by atoms with van der Waals surface area (Å²) in [6, 6.07) is 11.4. The fourth-order valence-electron chi connectivity index (χ4n) is 3.60. The van der Waals surface area contributed by atoms with E-state index in [4.69, 9.17) is 0 Å². The Balaban J connectivity index is 1.51. The van der Waals surface area contributed by atoms with Gasteiger partial charge in [0.1, 0.15) is 17.5 Å². The van der Waals surface area contributed by atoms with Gasteiger partial charge in [0.15, 0.2) is 0 Å². The van der Waals surface area contributed by atoms with Gasteiger partial charge in [-0.2, -0.15) is 0 Å². The summed E-state index contributed by atoms with van der Waals surface area (Å²) in [5, 5.41) is 2.57. The summed E-state index contributed by atoms with van der Waals surface area (Å²) in [6.45, 7) is -0.0118. The number of hydrogen-bond acceptors (Lipinski definition) is 3. The van der Waals surface area contributed by atoms with Crippen LogP contribution in [0, 0.1) is 17.5 Å². The van der Waals surface area contributed by atoms with E-state index in [9.17, 15) is 22.8 Å². The maximum atomic E-state index is 13.8. The molecule has 3 aromatic rings. The zero-order chi connectivity index (χ0) is 22.0. The van der Waals surface area contributed by atoms with E-state index in [0.717, 1.165) is 18.2 Å². The number of aromatic nitrogens is 1. The average Bonchev–Trinajstić information content (AvgIpc) is 3.02. The zero-order valence-electron chi connectivity index (χ0n) is 16.3. The highest BCUT2D eigenvalue weighted by molar-refractivity contribution is 5.99. The van der Waals surface area contributed by atoms with E-state index >= 15 is 0 Å². The van der Waals surface area contributed by atoms with Crippen LogP contribution in [0.15, 0.2) is 60.8 Å². The summed E-state index contributed by atoms with van der Waals surface area (Å²) in [7, 11) is 0. The lowest BCUT2D eigenvalue weighted by molar-refractivity contribution is -0.122. The number of benzene rings is 2. The van der Waals surface area contributed by atoms with Crippen molar-refractivity contribution in [1.82, 2.24) is 15.2 Å². The number of amides is 2. The van der Waals surface area contributed by atoms with Crippen molar-refractivity contribution in [2.45, 2.75) is 25.6 Å². The molecule has 31 heavy (non-hydrogen) atoms. The van der Waals surface area contributed by atoms with Crippen LogP contribution < -0.4 is 5.32 Å². The Hall–Kier alpha value is -3.68. The van der Waals surface area contributed by atoms with Gasteiger partial charge in [-0.05, 0) is 48.0 Å². The second-order valence-electron chi connectivity index (χ2n) is 7.23. The van der Waals surface area contributed by atoms with Gasteiger partial charge >= 0.3 is 0 Å². The summed E-state index contributed by atoms with van der Waals surface area (Å²) in [5.74, 6) is -2.33. The van der Waals surface area contributed by atoms with Gasteiger partial charge in [-0.15, -0.1) is 0 Å². The minimum Gasteiger partial charge on any atom is -0.352 e.